The number of nitrogens with one attached hydrogen (secondary N) is 3. The first kappa shape index (κ1) is 44.2. The Hall–Kier alpha value is -5.39. The number of rotatable bonds is 13. The predicted octanol–water partition coefficient (Wildman–Crippen LogP) is 6.15. The van der Waals surface area contributed by atoms with Crippen LogP contribution in [0.15, 0.2) is 67.3 Å². The number of benzene rings is 2. The number of hydrogen-bond donors (Lipinski definition) is 3. The summed E-state index contributed by atoms with van der Waals surface area (Å²) in [5.41, 5.74) is -6.93. The van der Waals surface area contributed by atoms with E-state index in [4.69, 9.17) is 19.2 Å². The molecule has 0 spiro atoms. The summed E-state index contributed by atoms with van der Waals surface area (Å²) in [6.45, 7) is 8.45. The Balaban J connectivity index is 1.36. The second-order valence-electron chi connectivity index (χ2n) is 16.6. The largest absolute Gasteiger partial charge is 0.516 e. The molecular weight excluding hydrogens is 808 g/mol. The molecule has 2 saturated carbocycles. The van der Waals surface area contributed by atoms with Crippen molar-refractivity contribution in [3.63, 3.8) is 0 Å². The van der Waals surface area contributed by atoms with Crippen LogP contribution in [-0.4, -0.2) is 90.6 Å². The SMILES string of the molecule is C=C[C@@H]1C[C@]1(NC(=O)[C@H]1C[C@@H](Oc2cc(-c3ccccc3)nc3cc(OC)ccc23)CN1C(=O)[C@H](CC1CCCCC1)NC(=O)OC(C)(C)C)C(=O)NS(=O)(=O)C(F)(F)F. The first-order valence-corrected chi connectivity index (χ1v) is 21.3. The van der Waals surface area contributed by atoms with Crippen LogP contribution < -0.4 is 24.8 Å². The quantitative estimate of drug-likeness (QED) is 0.169. The molecule has 6 rings (SSSR count). The van der Waals surface area contributed by atoms with Crippen molar-refractivity contribution in [1.82, 2.24) is 25.2 Å². The number of carbonyl (C=O) groups is 4. The molecule has 0 radical (unpaired) electrons. The summed E-state index contributed by atoms with van der Waals surface area (Å²) in [4.78, 5) is 61.7. The number of alkyl carbamates (subject to hydrolysis) is 1. The molecule has 3 fully saturated rings. The van der Waals surface area contributed by atoms with E-state index in [1.54, 1.807) is 45.0 Å². The van der Waals surface area contributed by atoms with Crippen molar-refractivity contribution >= 4 is 44.7 Å². The maximum absolute atomic E-state index is 14.8. The van der Waals surface area contributed by atoms with Gasteiger partial charge in [0.05, 0.1) is 24.9 Å². The van der Waals surface area contributed by atoms with Gasteiger partial charge < -0.3 is 29.7 Å². The normalized spacial score (nSPS) is 22.6. The van der Waals surface area contributed by atoms with Crippen LogP contribution in [0.1, 0.15) is 72.1 Å². The van der Waals surface area contributed by atoms with Crippen molar-refractivity contribution in [2.75, 3.05) is 13.7 Å². The third-order valence-corrected chi connectivity index (χ3v) is 12.1. The monoisotopic (exact) mass is 857 g/mol. The van der Waals surface area contributed by atoms with E-state index in [9.17, 15) is 40.8 Å². The van der Waals surface area contributed by atoms with E-state index in [1.807, 2.05) is 30.3 Å². The first-order valence-electron chi connectivity index (χ1n) is 19.8. The zero-order valence-electron chi connectivity index (χ0n) is 33.8. The highest BCUT2D eigenvalue weighted by Crippen LogP contribution is 2.46. The number of likely N-dealkylation sites (tertiary alicyclic amines) is 1. The average molecular weight is 858 g/mol. The van der Waals surface area contributed by atoms with Gasteiger partial charge in [0.2, 0.25) is 11.8 Å². The van der Waals surface area contributed by atoms with E-state index in [-0.39, 0.29) is 31.7 Å². The third-order valence-electron chi connectivity index (χ3n) is 11.1. The molecular formula is C42H50F3N5O9S. The molecule has 18 heteroatoms. The molecule has 1 aromatic heterocycles. The molecule has 60 heavy (non-hydrogen) atoms. The summed E-state index contributed by atoms with van der Waals surface area (Å²) in [5.74, 6) is -3.12. The van der Waals surface area contributed by atoms with E-state index in [0.29, 0.717) is 28.1 Å². The Morgan fingerprint density at radius 2 is 1.73 bits per heavy atom. The van der Waals surface area contributed by atoms with Gasteiger partial charge in [-0.1, -0.05) is 68.5 Å². The summed E-state index contributed by atoms with van der Waals surface area (Å²) in [6.07, 6.45) is 3.91. The number of sulfonamides is 1. The molecule has 5 atom stereocenters. The number of carbonyl (C=O) groups excluding carboxylic acids is 4. The molecule has 3 N–H and O–H groups in total. The number of alkyl halides is 3. The van der Waals surface area contributed by atoms with Crippen molar-refractivity contribution in [2.45, 2.75) is 107 Å². The van der Waals surface area contributed by atoms with Gasteiger partial charge in [0.15, 0.2) is 0 Å². The average Bonchev–Trinajstić information content (AvgIpc) is 3.75. The molecule has 2 heterocycles. The number of aromatic nitrogens is 1. The summed E-state index contributed by atoms with van der Waals surface area (Å²) in [5, 5.41) is 5.79. The number of halogens is 3. The molecule has 4 amide bonds. The van der Waals surface area contributed by atoms with E-state index in [1.165, 1.54) is 18.1 Å². The first-order chi connectivity index (χ1) is 28.2. The number of pyridine rings is 1. The number of ether oxygens (including phenoxy) is 3. The van der Waals surface area contributed by atoms with Gasteiger partial charge in [-0.15, -0.1) is 6.58 Å². The fourth-order valence-corrected chi connectivity index (χ4v) is 8.49. The molecule has 2 aliphatic carbocycles. The van der Waals surface area contributed by atoms with Gasteiger partial charge in [-0.25, -0.2) is 14.5 Å². The molecule has 1 aliphatic heterocycles. The van der Waals surface area contributed by atoms with E-state index < -0.39 is 74.6 Å². The number of methoxy groups -OCH3 is 1. The summed E-state index contributed by atoms with van der Waals surface area (Å²) in [6, 6.07) is 13.8. The highest BCUT2D eigenvalue weighted by atomic mass is 32.2. The van der Waals surface area contributed by atoms with Crippen molar-refractivity contribution in [3.8, 4) is 22.8 Å². The predicted molar refractivity (Wildman–Crippen MR) is 215 cm³/mol. The van der Waals surface area contributed by atoms with Gasteiger partial charge in [-0.05, 0) is 51.7 Å². The van der Waals surface area contributed by atoms with Gasteiger partial charge >= 0.3 is 21.6 Å². The van der Waals surface area contributed by atoms with Crippen LogP contribution in [0.4, 0.5) is 18.0 Å². The van der Waals surface area contributed by atoms with E-state index >= 15 is 0 Å². The molecule has 3 aromatic rings. The van der Waals surface area contributed by atoms with Gasteiger partial charge in [-0.2, -0.15) is 21.6 Å². The zero-order valence-corrected chi connectivity index (χ0v) is 34.7. The Morgan fingerprint density at radius 1 is 1.03 bits per heavy atom. The van der Waals surface area contributed by atoms with Crippen molar-refractivity contribution < 1.29 is 55.0 Å². The van der Waals surface area contributed by atoms with Crippen LogP contribution >= 0.6 is 0 Å². The smallest absolute Gasteiger partial charge is 0.497 e. The lowest BCUT2D eigenvalue weighted by molar-refractivity contribution is -0.141. The zero-order chi connectivity index (χ0) is 43.6. The van der Waals surface area contributed by atoms with Gasteiger partial charge in [-0.3, -0.25) is 14.4 Å². The summed E-state index contributed by atoms with van der Waals surface area (Å²) >= 11 is 0. The second-order valence-corrected chi connectivity index (χ2v) is 18.2. The van der Waals surface area contributed by atoms with Crippen LogP contribution in [0.2, 0.25) is 0 Å². The minimum absolute atomic E-state index is 0.0727. The molecule has 3 aliphatic rings. The van der Waals surface area contributed by atoms with Crippen LogP contribution in [0.25, 0.3) is 22.2 Å². The highest BCUT2D eigenvalue weighted by molar-refractivity contribution is 7.90. The minimum Gasteiger partial charge on any atom is -0.497 e. The highest BCUT2D eigenvalue weighted by Gasteiger charge is 2.63. The van der Waals surface area contributed by atoms with E-state index in [0.717, 1.165) is 42.4 Å². The Morgan fingerprint density at radius 3 is 2.35 bits per heavy atom. The van der Waals surface area contributed by atoms with Gasteiger partial charge in [0, 0.05) is 35.4 Å². The molecule has 0 bridgehead atoms. The van der Waals surface area contributed by atoms with Gasteiger partial charge in [0.1, 0.15) is 40.8 Å². The maximum atomic E-state index is 14.8. The summed E-state index contributed by atoms with van der Waals surface area (Å²) < 4.78 is 82.5. The van der Waals surface area contributed by atoms with Crippen LogP contribution in [0.5, 0.6) is 11.5 Å². The third kappa shape index (κ3) is 9.96. The Bertz CT molecular complexity index is 2230. The standard InChI is InChI=1S/C42H50F3N5O9S/c1-6-27-23-41(27,38(53)49-60(55,56)42(43,44)45)48-36(51)34-21-29(24-50(34)37(52)33(19-25-13-9-7-10-14-25)47-39(54)59-40(2,3)4)58-35-22-31(26-15-11-8-12-16-26)46-32-20-28(57-5)17-18-30(32)35/h6,8,11-12,15-18,20,22,25,27,29,33-34H,1,7,9-10,13-14,19,21,23-24H2,2-5H3,(H,47,54)(H,48,51)(H,49,53)/t27-,29-,33+,34-,41-/m1/s1. The fraction of sp³-hybridized carbons (Fsp3) is 0.500. The number of nitrogens with zero attached hydrogens (tertiary/aromatic N) is 2. The van der Waals surface area contributed by atoms with Crippen LogP contribution in [-0.2, 0) is 29.1 Å². The van der Waals surface area contributed by atoms with Crippen molar-refractivity contribution in [2.24, 2.45) is 11.8 Å². The second kappa shape index (κ2) is 17.3. The van der Waals surface area contributed by atoms with Crippen LogP contribution in [0.3, 0.4) is 0 Å². The topological polar surface area (TPSA) is 182 Å². The number of hydrogen-bond acceptors (Lipinski definition) is 10. The van der Waals surface area contributed by atoms with Crippen LogP contribution in [0, 0.1) is 11.8 Å². The Kier molecular flexibility index (Phi) is 12.7. The fourth-order valence-electron chi connectivity index (χ4n) is 7.95. The lowest BCUT2D eigenvalue weighted by Crippen LogP contribution is -2.59. The molecule has 1 saturated heterocycles. The lowest BCUT2D eigenvalue weighted by Gasteiger charge is -2.32. The van der Waals surface area contributed by atoms with E-state index in [2.05, 4.69) is 17.2 Å². The molecule has 0 unspecified atom stereocenters. The number of amides is 4. The molecule has 324 valence electrons. The minimum atomic E-state index is -6.13. The van der Waals surface area contributed by atoms with Crippen molar-refractivity contribution in [1.29, 1.82) is 0 Å². The maximum Gasteiger partial charge on any atom is 0.516 e. The van der Waals surface area contributed by atoms with Gasteiger partial charge in [0.25, 0.3) is 5.91 Å². The molecule has 14 nitrogen and oxygen atoms in total. The lowest BCUT2D eigenvalue weighted by atomic mass is 9.84. The Labute approximate surface area is 346 Å². The van der Waals surface area contributed by atoms with Crippen molar-refractivity contribution in [3.05, 3.63) is 67.3 Å². The number of fused-ring (bicyclic) bond motifs is 1. The molecule has 2 aromatic carbocycles. The summed E-state index contributed by atoms with van der Waals surface area (Å²) in [7, 11) is -4.60.